The van der Waals surface area contributed by atoms with Gasteiger partial charge in [0.1, 0.15) is 5.69 Å². The van der Waals surface area contributed by atoms with Crippen LogP contribution in [0.5, 0.6) is 0 Å². The predicted molar refractivity (Wildman–Crippen MR) is 98.2 cm³/mol. The van der Waals surface area contributed by atoms with Crippen LogP contribution in [-0.4, -0.2) is 46.0 Å². The number of carbonyl (C=O) groups is 2. The third-order valence-corrected chi connectivity index (χ3v) is 4.89. The topological polar surface area (TPSA) is 82.5 Å². The number of amides is 1. The molecular formula is C20H23N3O3. The van der Waals surface area contributed by atoms with Crippen LogP contribution >= 0.6 is 0 Å². The average Bonchev–Trinajstić information content (AvgIpc) is 2.68. The number of pyridine rings is 1. The van der Waals surface area contributed by atoms with E-state index in [0.717, 1.165) is 25.9 Å². The molecule has 136 valence electrons. The number of aromatic carboxylic acids is 1. The van der Waals surface area contributed by atoms with Gasteiger partial charge in [-0.05, 0) is 36.1 Å². The van der Waals surface area contributed by atoms with Gasteiger partial charge in [0, 0.05) is 31.9 Å². The summed E-state index contributed by atoms with van der Waals surface area (Å²) in [5.41, 5.74) is 3.07. The van der Waals surface area contributed by atoms with Gasteiger partial charge in [0.15, 0.2) is 0 Å². The fourth-order valence-corrected chi connectivity index (χ4v) is 3.33. The second-order valence-electron chi connectivity index (χ2n) is 6.50. The van der Waals surface area contributed by atoms with Crippen LogP contribution < -0.4 is 5.32 Å². The van der Waals surface area contributed by atoms with E-state index in [2.05, 4.69) is 46.4 Å². The summed E-state index contributed by atoms with van der Waals surface area (Å²) in [6.45, 7) is 4.57. The van der Waals surface area contributed by atoms with Gasteiger partial charge in [-0.3, -0.25) is 9.69 Å². The number of aromatic nitrogens is 1. The first-order chi connectivity index (χ1) is 12.6. The van der Waals surface area contributed by atoms with Crippen LogP contribution in [0.25, 0.3) is 0 Å². The van der Waals surface area contributed by atoms with Gasteiger partial charge in [-0.15, -0.1) is 0 Å². The molecule has 2 aromatic rings. The highest BCUT2D eigenvalue weighted by atomic mass is 16.4. The zero-order valence-electron chi connectivity index (χ0n) is 14.8. The van der Waals surface area contributed by atoms with Gasteiger partial charge in [0.25, 0.3) is 5.91 Å². The van der Waals surface area contributed by atoms with E-state index >= 15 is 0 Å². The number of rotatable bonds is 6. The molecular weight excluding hydrogens is 330 g/mol. The van der Waals surface area contributed by atoms with E-state index in [9.17, 15) is 9.59 Å². The molecule has 0 saturated heterocycles. The number of nitrogens with zero attached hydrogens (tertiary/aromatic N) is 2. The molecule has 0 spiro atoms. The smallest absolute Gasteiger partial charge is 0.354 e. The number of benzene rings is 1. The lowest BCUT2D eigenvalue weighted by molar-refractivity contribution is 0.0689. The zero-order chi connectivity index (χ0) is 18.5. The third-order valence-electron chi connectivity index (χ3n) is 4.89. The molecule has 1 atom stereocenters. The first kappa shape index (κ1) is 18.1. The van der Waals surface area contributed by atoms with Crippen molar-refractivity contribution in [1.29, 1.82) is 0 Å². The number of hydrogen-bond acceptors (Lipinski definition) is 4. The molecule has 1 unspecified atom stereocenters. The number of carboxylic acids is 1. The fourth-order valence-electron chi connectivity index (χ4n) is 3.33. The maximum atomic E-state index is 12.3. The Morgan fingerprint density at radius 3 is 2.65 bits per heavy atom. The van der Waals surface area contributed by atoms with Crippen molar-refractivity contribution < 1.29 is 14.7 Å². The number of nitrogens with one attached hydrogen (secondary N) is 1. The van der Waals surface area contributed by atoms with Crippen LogP contribution in [0.15, 0.2) is 42.6 Å². The number of hydrogen-bond donors (Lipinski definition) is 2. The van der Waals surface area contributed by atoms with E-state index in [0.29, 0.717) is 12.1 Å². The summed E-state index contributed by atoms with van der Waals surface area (Å²) in [4.78, 5) is 29.3. The lowest BCUT2D eigenvalue weighted by Crippen LogP contribution is -2.45. The molecule has 26 heavy (non-hydrogen) atoms. The standard InChI is InChI=1S/C20H23N3O3/c1-2-17(23-10-9-14-5-3-4-6-16(14)13-23)12-22-19(24)15-7-8-18(20(25)26)21-11-15/h3-8,11,17H,2,9-10,12-13H2,1H3,(H,22,24)(H,25,26). The van der Waals surface area contributed by atoms with E-state index in [1.807, 2.05) is 0 Å². The van der Waals surface area contributed by atoms with Gasteiger partial charge >= 0.3 is 5.97 Å². The molecule has 1 amide bonds. The summed E-state index contributed by atoms with van der Waals surface area (Å²) in [6.07, 6.45) is 3.27. The second kappa shape index (κ2) is 8.10. The lowest BCUT2D eigenvalue weighted by atomic mass is 9.98. The van der Waals surface area contributed by atoms with Crippen molar-refractivity contribution in [2.75, 3.05) is 13.1 Å². The Balaban J connectivity index is 1.59. The van der Waals surface area contributed by atoms with Crippen LogP contribution in [0.2, 0.25) is 0 Å². The highest BCUT2D eigenvalue weighted by Crippen LogP contribution is 2.21. The molecule has 1 aromatic carbocycles. The Bertz CT molecular complexity index is 789. The third kappa shape index (κ3) is 4.08. The summed E-state index contributed by atoms with van der Waals surface area (Å²) >= 11 is 0. The number of carboxylic acid groups (broad SMARTS) is 1. The minimum absolute atomic E-state index is 0.0695. The Morgan fingerprint density at radius 2 is 2.00 bits per heavy atom. The molecule has 2 N–H and O–H groups in total. The van der Waals surface area contributed by atoms with Crippen LogP contribution in [-0.2, 0) is 13.0 Å². The van der Waals surface area contributed by atoms with Crippen molar-refractivity contribution in [3.63, 3.8) is 0 Å². The monoisotopic (exact) mass is 353 g/mol. The molecule has 0 radical (unpaired) electrons. The van der Waals surface area contributed by atoms with Crippen molar-refractivity contribution in [2.45, 2.75) is 32.4 Å². The van der Waals surface area contributed by atoms with Gasteiger partial charge in [-0.2, -0.15) is 0 Å². The van der Waals surface area contributed by atoms with E-state index in [1.54, 1.807) is 0 Å². The SMILES string of the molecule is CCC(CNC(=O)c1ccc(C(=O)O)nc1)N1CCc2ccccc2C1. The molecule has 6 heteroatoms. The minimum atomic E-state index is -1.10. The van der Waals surface area contributed by atoms with Crippen molar-refractivity contribution in [1.82, 2.24) is 15.2 Å². The molecule has 0 fully saturated rings. The van der Waals surface area contributed by atoms with Crippen LogP contribution in [0.1, 0.15) is 45.3 Å². The maximum Gasteiger partial charge on any atom is 0.354 e. The van der Waals surface area contributed by atoms with Gasteiger partial charge in [-0.25, -0.2) is 9.78 Å². The number of fused-ring (bicyclic) bond motifs is 1. The molecule has 3 rings (SSSR count). The van der Waals surface area contributed by atoms with Gasteiger partial charge in [-0.1, -0.05) is 31.2 Å². The van der Waals surface area contributed by atoms with E-state index in [-0.39, 0.29) is 17.6 Å². The summed E-state index contributed by atoms with van der Waals surface area (Å²) in [7, 11) is 0. The number of carbonyl (C=O) groups excluding carboxylic acids is 1. The van der Waals surface area contributed by atoms with Gasteiger partial charge in [0.2, 0.25) is 0 Å². The predicted octanol–water partition coefficient (Wildman–Crippen LogP) is 2.35. The van der Waals surface area contributed by atoms with Crippen LogP contribution in [0.3, 0.4) is 0 Å². The van der Waals surface area contributed by atoms with Crippen LogP contribution in [0.4, 0.5) is 0 Å². The highest BCUT2D eigenvalue weighted by molar-refractivity contribution is 5.94. The van der Waals surface area contributed by atoms with Gasteiger partial charge < -0.3 is 10.4 Å². The summed E-state index contributed by atoms with van der Waals surface area (Å²) in [6, 6.07) is 11.6. The second-order valence-corrected chi connectivity index (χ2v) is 6.50. The molecule has 6 nitrogen and oxygen atoms in total. The van der Waals surface area contributed by atoms with E-state index in [4.69, 9.17) is 5.11 Å². The van der Waals surface area contributed by atoms with E-state index in [1.165, 1.54) is 29.5 Å². The van der Waals surface area contributed by atoms with Crippen molar-refractivity contribution in [3.8, 4) is 0 Å². The van der Waals surface area contributed by atoms with Crippen molar-refractivity contribution in [2.24, 2.45) is 0 Å². The summed E-state index contributed by atoms with van der Waals surface area (Å²) < 4.78 is 0. The Hall–Kier alpha value is -2.73. The normalized spacial score (nSPS) is 15.1. The maximum absolute atomic E-state index is 12.3. The first-order valence-corrected chi connectivity index (χ1v) is 8.87. The molecule has 1 aromatic heterocycles. The molecule has 0 saturated carbocycles. The van der Waals surface area contributed by atoms with Crippen molar-refractivity contribution >= 4 is 11.9 Å². The molecule has 1 aliphatic rings. The fraction of sp³-hybridized carbons (Fsp3) is 0.350. The molecule has 2 heterocycles. The summed E-state index contributed by atoms with van der Waals surface area (Å²) in [5.74, 6) is -1.33. The van der Waals surface area contributed by atoms with Crippen molar-refractivity contribution in [3.05, 3.63) is 65.0 Å². The quantitative estimate of drug-likeness (QED) is 0.833. The molecule has 0 bridgehead atoms. The zero-order valence-corrected chi connectivity index (χ0v) is 14.8. The average molecular weight is 353 g/mol. The lowest BCUT2D eigenvalue weighted by Gasteiger charge is -2.35. The van der Waals surface area contributed by atoms with E-state index < -0.39 is 5.97 Å². The summed E-state index contributed by atoms with van der Waals surface area (Å²) in [5, 5.41) is 11.8. The Labute approximate surface area is 152 Å². The Morgan fingerprint density at radius 1 is 1.23 bits per heavy atom. The van der Waals surface area contributed by atoms with Crippen LogP contribution in [0, 0.1) is 0 Å². The molecule has 1 aliphatic heterocycles. The molecule has 0 aliphatic carbocycles. The largest absolute Gasteiger partial charge is 0.477 e. The minimum Gasteiger partial charge on any atom is -0.477 e. The van der Waals surface area contributed by atoms with Gasteiger partial charge in [0.05, 0.1) is 5.56 Å². The first-order valence-electron chi connectivity index (χ1n) is 8.87. The highest BCUT2D eigenvalue weighted by Gasteiger charge is 2.22. The Kier molecular flexibility index (Phi) is 5.63.